The van der Waals surface area contributed by atoms with E-state index in [0.29, 0.717) is 6.04 Å². The van der Waals surface area contributed by atoms with E-state index in [4.69, 9.17) is 11.6 Å². The molecular weight excluding hydrogens is 256 g/mol. The summed E-state index contributed by atoms with van der Waals surface area (Å²) >= 11 is 6.32. The molecule has 3 rings (SSSR count). The Kier molecular flexibility index (Phi) is 4.09. The van der Waals surface area contributed by atoms with E-state index in [1.807, 2.05) is 6.20 Å². The molecule has 4 unspecified atom stereocenters. The molecule has 2 bridgehead atoms. The smallest absolute Gasteiger partial charge is 0.0637 e. The molecule has 2 saturated carbocycles. The van der Waals surface area contributed by atoms with Crippen molar-refractivity contribution in [2.45, 2.75) is 45.1 Å². The molecule has 1 heterocycles. The lowest BCUT2D eigenvalue weighted by Crippen LogP contribution is -2.25. The van der Waals surface area contributed by atoms with Crippen LogP contribution in [0.25, 0.3) is 0 Å². The number of nitrogens with one attached hydrogen (secondary N) is 1. The molecule has 1 aromatic heterocycles. The van der Waals surface area contributed by atoms with Crippen LogP contribution in [0.15, 0.2) is 18.5 Å². The van der Waals surface area contributed by atoms with Crippen molar-refractivity contribution in [2.75, 3.05) is 6.54 Å². The molecule has 2 nitrogen and oxygen atoms in total. The summed E-state index contributed by atoms with van der Waals surface area (Å²) in [6.45, 7) is 3.16. The Morgan fingerprint density at radius 2 is 2.32 bits per heavy atom. The maximum absolute atomic E-state index is 6.32. The number of rotatable bonds is 5. The zero-order valence-corrected chi connectivity index (χ0v) is 12.4. The molecule has 0 aromatic carbocycles. The normalized spacial score (nSPS) is 30.7. The van der Waals surface area contributed by atoms with Crippen LogP contribution in [-0.2, 0) is 0 Å². The summed E-state index contributed by atoms with van der Waals surface area (Å²) in [7, 11) is 0. The summed E-state index contributed by atoms with van der Waals surface area (Å²) in [6, 6.07) is 2.47. The van der Waals surface area contributed by atoms with Gasteiger partial charge in [0.05, 0.1) is 5.02 Å². The van der Waals surface area contributed by atoms with Gasteiger partial charge in [-0.2, -0.15) is 0 Å². The van der Waals surface area contributed by atoms with Gasteiger partial charge >= 0.3 is 0 Å². The Hall–Kier alpha value is -0.600. The van der Waals surface area contributed by atoms with Crippen LogP contribution in [0.1, 0.15) is 50.6 Å². The quantitative estimate of drug-likeness (QED) is 0.873. The van der Waals surface area contributed by atoms with Gasteiger partial charge in [0.25, 0.3) is 0 Å². The standard InChI is InChI=1S/C16H23ClN2/c1-2-19-16(14-5-6-18-10-15(14)17)9-13-8-11-3-4-12(13)7-11/h5-6,10-13,16,19H,2-4,7-9H2,1H3. The number of pyridine rings is 1. The second kappa shape index (κ2) is 5.80. The molecule has 0 saturated heterocycles. The van der Waals surface area contributed by atoms with Crippen LogP contribution in [0, 0.1) is 17.8 Å². The molecule has 104 valence electrons. The van der Waals surface area contributed by atoms with Crippen molar-refractivity contribution in [3.05, 3.63) is 29.0 Å². The van der Waals surface area contributed by atoms with E-state index in [9.17, 15) is 0 Å². The summed E-state index contributed by atoms with van der Waals surface area (Å²) in [5, 5.41) is 4.42. The largest absolute Gasteiger partial charge is 0.310 e. The summed E-state index contributed by atoms with van der Waals surface area (Å²) in [5.74, 6) is 2.89. The van der Waals surface area contributed by atoms with E-state index in [2.05, 4.69) is 23.3 Å². The highest BCUT2D eigenvalue weighted by Crippen LogP contribution is 2.51. The van der Waals surface area contributed by atoms with Crippen molar-refractivity contribution in [1.29, 1.82) is 0 Å². The van der Waals surface area contributed by atoms with Gasteiger partial charge in [-0.3, -0.25) is 4.98 Å². The molecular formula is C16H23ClN2. The minimum atomic E-state index is 0.393. The average molecular weight is 279 g/mol. The van der Waals surface area contributed by atoms with Crippen molar-refractivity contribution in [3.8, 4) is 0 Å². The van der Waals surface area contributed by atoms with E-state index in [1.165, 1.54) is 37.7 Å². The lowest BCUT2D eigenvalue weighted by molar-refractivity contribution is 0.280. The molecule has 4 atom stereocenters. The molecule has 1 N–H and O–H groups in total. The Bertz CT molecular complexity index is 435. The molecule has 0 radical (unpaired) electrons. The van der Waals surface area contributed by atoms with Crippen molar-refractivity contribution in [3.63, 3.8) is 0 Å². The molecule has 2 fully saturated rings. The van der Waals surface area contributed by atoms with Gasteiger partial charge < -0.3 is 5.32 Å². The van der Waals surface area contributed by atoms with Crippen LogP contribution in [-0.4, -0.2) is 11.5 Å². The number of halogens is 1. The number of aromatic nitrogens is 1. The Labute approximate surface area is 121 Å². The monoisotopic (exact) mass is 278 g/mol. The molecule has 0 spiro atoms. The van der Waals surface area contributed by atoms with Gasteiger partial charge in [-0.25, -0.2) is 0 Å². The van der Waals surface area contributed by atoms with E-state index in [1.54, 1.807) is 6.20 Å². The second-order valence-electron chi connectivity index (χ2n) is 6.18. The summed E-state index contributed by atoms with van der Waals surface area (Å²) in [6.07, 6.45) is 10.7. The van der Waals surface area contributed by atoms with Crippen molar-refractivity contribution < 1.29 is 0 Å². The highest BCUT2D eigenvalue weighted by molar-refractivity contribution is 6.31. The molecule has 1 aromatic rings. The average Bonchev–Trinajstić information content (AvgIpc) is 3.01. The van der Waals surface area contributed by atoms with Gasteiger partial charge in [0.1, 0.15) is 0 Å². The molecule has 2 aliphatic rings. The lowest BCUT2D eigenvalue weighted by Gasteiger charge is -2.28. The number of fused-ring (bicyclic) bond motifs is 2. The molecule has 3 heteroatoms. The van der Waals surface area contributed by atoms with Crippen molar-refractivity contribution >= 4 is 11.6 Å². The van der Waals surface area contributed by atoms with Gasteiger partial charge in [-0.1, -0.05) is 24.9 Å². The third-order valence-electron chi connectivity index (χ3n) is 5.05. The number of nitrogens with zero attached hydrogens (tertiary/aromatic N) is 1. The first-order valence-electron chi connectivity index (χ1n) is 7.60. The maximum atomic E-state index is 6.32. The first kappa shape index (κ1) is 13.4. The van der Waals surface area contributed by atoms with Crippen molar-refractivity contribution in [2.24, 2.45) is 17.8 Å². The topological polar surface area (TPSA) is 24.9 Å². The van der Waals surface area contributed by atoms with Crippen LogP contribution < -0.4 is 5.32 Å². The van der Waals surface area contributed by atoms with E-state index >= 15 is 0 Å². The minimum absolute atomic E-state index is 0.393. The van der Waals surface area contributed by atoms with Gasteiger partial charge in [0, 0.05) is 18.4 Å². The molecule has 2 aliphatic carbocycles. The summed E-state index contributed by atoms with van der Waals surface area (Å²) < 4.78 is 0. The number of hydrogen-bond donors (Lipinski definition) is 1. The minimum Gasteiger partial charge on any atom is -0.310 e. The fraction of sp³-hybridized carbons (Fsp3) is 0.688. The molecule has 19 heavy (non-hydrogen) atoms. The lowest BCUT2D eigenvalue weighted by atomic mass is 9.83. The van der Waals surface area contributed by atoms with Crippen molar-refractivity contribution in [1.82, 2.24) is 10.3 Å². The van der Waals surface area contributed by atoms with Gasteiger partial charge in [-0.15, -0.1) is 0 Å². The summed E-state index contributed by atoms with van der Waals surface area (Å²) in [5.41, 5.74) is 1.22. The maximum Gasteiger partial charge on any atom is 0.0637 e. The van der Waals surface area contributed by atoms with Crippen LogP contribution in [0.3, 0.4) is 0 Å². The fourth-order valence-corrected chi connectivity index (χ4v) is 4.45. The Morgan fingerprint density at radius 3 is 2.95 bits per heavy atom. The predicted octanol–water partition coefficient (Wildman–Crippen LogP) is 4.21. The van der Waals surface area contributed by atoms with Crippen LogP contribution in [0.2, 0.25) is 5.02 Å². The van der Waals surface area contributed by atoms with Gasteiger partial charge in [0.2, 0.25) is 0 Å². The van der Waals surface area contributed by atoms with E-state index in [0.717, 1.165) is 29.3 Å². The van der Waals surface area contributed by atoms with Crippen LogP contribution in [0.4, 0.5) is 0 Å². The van der Waals surface area contributed by atoms with Crippen LogP contribution in [0.5, 0.6) is 0 Å². The fourth-order valence-electron chi connectivity index (χ4n) is 4.20. The first-order valence-corrected chi connectivity index (χ1v) is 7.98. The van der Waals surface area contributed by atoms with Crippen LogP contribution >= 0.6 is 11.6 Å². The van der Waals surface area contributed by atoms with E-state index < -0.39 is 0 Å². The van der Waals surface area contributed by atoms with Gasteiger partial charge in [0.15, 0.2) is 0 Å². The zero-order chi connectivity index (χ0) is 13.2. The zero-order valence-electron chi connectivity index (χ0n) is 11.6. The first-order chi connectivity index (χ1) is 9.28. The third-order valence-corrected chi connectivity index (χ3v) is 5.37. The Morgan fingerprint density at radius 1 is 1.42 bits per heavy atom. The highest BCUT2D eigenvalue weighted by atomic mass is 35.5. The molecule has 0 amide bonds. The van der Waals surface area contributed by atoms with E-state index in [-0.39, 0.29) is 0 Å². The predicted molar refractivity (Wildman–Crippen MR) is 79.2 cm³/mol. The SMILES string of the molecule is CCNC(CC1CC2CCC1C2)c1ccncc1Cl. The summed E-state index contributed by atoms with van der Waals surface area (Å²) in [4.78, 5) is 4.10. The number of hydrogen-bond acceptors (Lipinski definition) is 2. The highest BCUT2D eigenvalue weighted by Gasteiger charge is 2.40. The second-order valence-corrected chi connectivity index (χ2v) is 6.59. The van der Waals surface area contributed by atoms with Gasteiger partial charge in [-0.05, 0) is 61.6 Å². The third kappa shape index (κ3) is 2.80. The Balaban J connectivity index is 1.73. The molecule has 0 aliphatic heterocycles.